The highest BCUT2D eigenvalue weighted by atomic mass is 16.5. The van der Waals surface area contributed by atoms with E-state index in [0.717, 1.165) is 25.4 Å². The molecule has 0 saturated heterocycles. The second kappa shape index (κ2) is 8.54. The fourth-order valence-electron chi connectivity index (χ4n) is 2.27. The van der Waals surface area contributed by atoms with E-state index in [1.807, 2.05) is 6.92 Å². The van der Waals surface area contributed by atoms with Gasteiger partial charge in [0.15, 0.2) is 0 Å². The summed E-state index contributed by atoms with van der Waals surface area (Å²) in [5.74, 6) is 0.790. The van der Waals surface area contributed by atoms with Crippen LogP contribution in [-0.2, 0) is 9.53 Å². The third kappa shape index (κ3) is 6.92. The molecule has 0 aromatic carbocycles. The van der Waals surface area contributed by atoms with E-state index in [1.165, 1.54) is 19.4 Å². The first-order chi connectivity index (χ1) is 9.06. The molecule has 1 aliphatic rings. The van der Waals surface area contributed by atoms with Gasteiger partial charge in [-0.2, -0.15) is 0 Å². The highest BCUT2D eigenvalue weighted by Crippen LogP contribution is 2.29. The van der Waals surface area contributed by atoms with Crippen LogP contribution >= 0.6 is 0 Å². The van der Waals surface area contributed by atoms with E-state index < -0.39 is 0 Å². The number of esters is 1. The van der Waals surface area contributed by atoms with Gasteiger partial charge in [-0.1, -0.05) is 20.8 Å². The topological polar surface area (TPSA) is 41.6 Å². The largest absolute Gasteiger partial charge is 0.465 e. The van der Waals surface area contributed by atoms with Crippen LogP contribution in [0.25, 0.3) is 0 Å². The molecule has 0 aromatic rings. The van der Waals surface area contributed by atoms with Gasteiger partial charge in [-0.25, -0.2) is 0 Å². The van der Waals surface area contributed by atoms with Gasteiger partial charge < -0.3 is 15.0 Å². The summed E-state index contributed by atoms with van der Waals surface area (Å²) < 4.78 is 5.14. The van der Waals surface area contributed by atoms with Crippen molar-refractivity contribution in [2.24, 2.45) is 5.92 Å². The van der Waals surface area contributed by atoms with Crippen LogP contribution in [0.15, 0.2) is 0 Å². The van der Waals surface area contributed by atoms with Gasteiger partial charge in [0, 0.05) is 19.1 Å². The minimum Gasteiger partial charge on any atom is -0.465 e. The zero-order chi connectivity index (χ0) is 14.3. The van der Waals surface area contributed by atoms with E-state index >= 15 is 0 Å². The van der Waals surface area contributed by atoms with Gasteiger partial charge in [-0.3, -0.25) is 4.79 Å². The summed E-state index contributed by atoms with van der Waals surface area (Å²) in [6.45, 7) is 11.8. The minimum atomic E-state index is -0.173. The maximum absolute atomic E-state index is 11.9. The van der Waals surface area contributed by atoms with Gasteiger partial charge in [0.25, 0.3) is 0 Å². The lowest BCUT2D eigenvalue weighted by Crippen LogP contribution is -2.44. The first-order valence-electron chi connectivity index (χ1n) is 7.71. The maximum atomic E-state index is 11.9. The normalized spacial score (nSPS) is 16.9. The second-order valence-corrected chi connectivity index (χ2v) is 5.75. The summed E-state index contributed by atoms with van der Waals surface area (Å²) in [5.41, 5.74) is 0. The Balaban J connectivity index is 2.38. The molecule has 1 N–H and O–H groups in total. The quantitative estimate of drug-likeness (QED) is 0.617. The van der Waals surface area contributed by atoms with Crippen molar-refractivity contribution in [3.8, 4) is 0 Å². The third-order valence-corrected chi connectivity index (χ3v) is 3.50. The molecule has 1 unspecified atom stereocenters. The van der Waals surface area contributed by atoms with Crippen LogP contribution in [0.1, 0.15) is 47.0 Å². The van der Waals surface area contributed by atoms with Crippen LogP contribution in [0.5, 0.6) is 0 Å². The van der Waals surface area contributed by atoms with Crippen molar-refractivity contribution in [1.82, 2.24) is 10.2 Å². The molecule has 1 atom stereocenters. The molecule has 0 heterocycles. The number of nitrogens with one attached hydrogen (secondary N) is 1. The van der Waals surface area contributed by atoms with Gasteiger partial charge in [0.1, 0.15) is 6.04 Å². The number of rotatable bonds is 10. The molecule has 1 fully saturated rings. The van der Waals surface area contributed by atoms with Crippen molar-refractivity contribution in [2.75, 3.05) is 26.2 Å². The summed E-state index contributed by atoms with van der Waals surface area (Å²) in [5, 5.41) is 3.31. The molecular weight excluding hydrogens is 240 g/mol. The smallest absolute Gasteiger partial charge is 0.323 e. The first-order valence-corrected chi connectivity index (χ1v) is 7.71. The summed E-state index contributed by atoms with van der Waals surface area (Å²) in [6, 6.07) is 0.126. The Morgan fingerprint density at radius 1 is 1.37 bits per heavy atom. The molecule has 0 aromatic heterocycles. The molecule has 4 nitrogen and oxygen atoms in total. The van der Waals surface area contributed by atoms with E-state index in [-0.39, 0.29) is 12.0 Å². The van der Waals surface area contributed by atoms with E-state index in [1.54, 1.807) is 0 Å². The Labute approximate surface area is 117 Å². The molecule has 1 aliphatic carbocycles. The Morgan fingerprint density at radius 3 is 2.53 bits per heavy atom. The second-order valence-electron chi connectivity index (χ2n) is 5.75. The van der Waals surface area contributed by atoms with E-state index in [4.69, 9.17) is 4.74 Å². The summed E-state index contributed by atoms with van der Waals surface area (Å²) in [7, 11) is 0. The summed E-state index contributed by atoms with van der Waals surface area (Å²) in [4.78, 5) is 14.4. The molecule has 112 valence electrons. The lowest BCUT2D eigenvalue weighted by Gasteiger charge is -2.24. The predicted molar refractivity (Wildman–Crippen MR) is 78.1 cm³/mol. The Bertz CT molecular complexity index is 265. The van der Waals surface area contributed by atoms with Crippen LogP contribution in [-0.4, -0.2) is 49.2 Å². The molecule has 19 heavy (non-hydrogen) atoms. The van der Waals surface area contributed by atoms with Crippen molar-refractivity contribution in [3.05, 3.63) is 0 Å². The Kier molecular flexibility index (Phi) is 7.39. The number of carbonyl (C=O) groups is 1. The van der Waals surface area contributed by atoms with Crippen molar-refractivity contribution >= 4 is 5.97 Å². The molecule has 0 spiro atoms. The Hall–Kier alpha value is -0.610. The van der Waals surface area contributed by atoms with Crippen LogP contribution in [0, 0.1) is 5.92 Å². The number of hydrogen-bond acceptors (Lipinski definition) is 4. The van der Waals surface area contributed by atoms with Gasteiger partial charge in [-0.15, -0.1) is 0 Å². The van der Waals surface area contributed by atoms with Crippen LogP contribution < -0.4 is 5.32 Å². The highest BCUT2D eigenvalue weighted by molar-refractivity contribution is 5.75. The molecule has 0 radical (unpaired) electrons. The van der Waals surface area contributed by atoms with Crippen LogP contribution in [0.4, 0.5) is 0 Å². The van der Waals surface area contributed by atoms with Gasteiger partial charge in [0.05, 0.1) is 6.61 Å². The average molecular weight is 270 g/mol. The van der Waals surface area contributed by atoms with Crippen molar-refractivity contribution in [3.63, 3.8) is 0 Å². The molecule has 0 aliphatic heterocycles. The van der Waals surface area contributed by atoms with Crippen molar-refractivity contribution in [2.45, 2.75) is 59.0 Å². The van der Waals surface area contributed by atoms with Crippen molar-refractivity contribution < 1.29 is 9.53 Å². The first kappa shape index (κ1) is 16.4. The fourth-order valence-corrected chi connectivity index (χ4v) is 2.27. The molecule has 0 amide bonds. The lowest BCUT2D eigenvalue weighted by atomic mass is 10.1. The minimum absolute atomic E-state index is 0.112. The van der Waals surface area contributed by atoms with Gasteiger partial charge >= 0.3 is 5.97 Å². The van der Waals surface area contributed by atoms with Crippen LogP contribution in [0.3, 0.4) is 0 Å². The fraction of sp³-hybridized carbons (Fsp3) is 0.933. The zero-order valence-electron chi connectivity index (χ0n) is 12.9. The van der Waals surface area contributed by atoms with Gasteiger partial charge in [0.2, 0.25) is 0 Å². The predicted octanol–water partition coefficient (Wildman–Crippen LogP) is 2.04. The monoisotopic (exact) mass is 270 g/mol. The van der Waals surface area contributed by atoms with E-state index in [0.29, 0.717) is 12.6 Å². The molecular formula is C15H30N2O2. The van der Waals surface area contributed by atoms with Crippen molar-refractivity contribution in [1.29, 1.82) is 0 Å². The maximum Gasteiger partial charge on any atom is 0.323 e. The summed E-state index contributed by atoms with van der Waals surface area (Å²) >= 11 is 0. The summed E-state index contributed by atoms with van der Waals surface area (Å²) in [6.07, 6.45) is 3.58. The standard InChI is InChI=1S/C15H30N2O2/c1-5-17(11-13-7-8-13)10-9-14(16-12(3)4)15(18)19-6-2/h12-14,16H,5-11H2,1-4H3. The number of hydrogen-bond donors (Lipinski definition) is 1. The highest BCUT2D eigenvalue weighted by Gasteiger charge is 2.25. The van der Waals surface area contributed by atoms with E-state index in [2.05, 4.69) is 31.0 Å². The molecule has 1 rings (SSSR count). The SMILES string of the molecule is CCOC(=O)C(CCN(CC)CC1CC1)NC(C)C. The van der Waals surface area contributed by atoms with Crippen LogP contribution in [0.2, 0.25) is 0 Å². The number of nitrogens with zero attached hydrogens (tertiary/aromatic N) is 1. The molecule has 1 saturated carbocycles. The number of ether oxygens (including phenoxy) is 1. The van der Waals surface area contributed by atoms with Gasteiger partial charge in [-0.05, 0) is 38.6 Å². The molecule has 0 bridgehead atoms. The Morgan fingerprint density at radius 2 is 2.05 bits per heavy atom. The third-order valence-electron chi connectivity index (χ3n) is 3.50. The average Bonchev–Trinajstić information content (AvgIpc) is 3.16. The zero-order valence-corrected chi connectivity index (χ0v) is 12.9. The molecule has 4 heteroatoms. The van der Waals surface area contributed by atoms with E-state index in [9.17, 15) is 4.79 Å². The lowest BCUT2D eigenvalue weighted by molar-refractivity contribution is -0.146. The number of carbonyl (C=O) groups excluding carboxylic acids is 1.